The van der Waals surface area contributed by atoms with Crippen LogP contribution in [0.2, 0.25) is 0 Å². The Hall–Kier alpha value is -2.72. The Morgan fingerprint density at radius 1 is 1.11 bits per heavy atom. The van der Waals surface area contributed by atoms with Crippen molar-refractivity contribution in [1.82, 2.24) is 4.31 Å². The Kier molecular flexibility index (Phi) is 6.92. The van der Waals surface area contributed by atoms with Gasteiger partial charge in [0, 0.05) is 24.7 Å². The zero-order valence-electron chi connectivity index (χ0n) is 15.7. The lowest BCUT2D eigenvalue weighted by Crippen LogP contribution is -2.30. The molecule has 0 N–H and O–H groups in total. The molecular formula is C18H21FN2O6S. The van der Waals surface area contributed by atoms with Crippen LogP contribution in [0.15, 0.2) is 41.3 Å². The van der Waals surface area contributed by atoms with Crippen molar-refractivity contribution in [3.05, 3.63) is 57.9 Å². The predicted molar refractivity (Wildman–Crippen MR) is 100 cm³/mol. The molecule has 0 radical (unpaired) electrons. The Balaban J connectivity index is 2.37. The number of ether oxygens (including phenoxy) is 2. The number of hydrogen-bond donors (Lipinski definition) is 0. The fraction of sp³-hybridized carbons (Fsp3) is 0.333. The highest BCUT2D eigenvalue weighted by Gasteiger charge is 2.26. The van der Waals surface area contributed by atoms with Crippen molar-refractivity contribution < 1.29 is 27.2 Å². The molecule has 2 aromatic carbocycles. The van der Waals surface area contributed by atoms with Crippen molar-refractivity contribution in [1.29, 1.82) is 0 Å². The van der Waals surface area contributed by atoms with Gasteiger partial charge in [0.25, 0.3) is 0 Å². The van der Waals surface area contributed by atoms with Gasteiger partial charge in [-0.15, -0.1) is 0 Å². The van der Waals surface area contributed by atoms with Gasteiger partial charge in [-0.1, -0.05) is 13.8 Å². The third-order valence-electron chi connectivity index (χ3n) is 4.10. The molecule has 0 spiro atoms. The lowest BCUT2D eigenvalue weighted by atomic mass is 10.2. The first-order valence-electron chi connectivity index (χ1n) is 8.48. The van der Waals surface area contributed by atoms with Crippen LogP contribution in [-0.4, -0.2) is 37.8 Å². The van der Waals surface area contributed by atoms with Crippen LogP contribution < -0.4 is 9.47 Å². The molecule has 2 rings (SSSR count). The highest BCUT2D eigenvalue weighted by atomic mass is 32.2. The van der Waals surface area contributed by atoms with E-state index in [0.717, 1.165) is 6.07 Å². The maximum atomic E-state index is 13.5. The SMILES string of the molecule is CCN(CC)S(=O)(=O)c1ccc(OCc2cc(F)ccc2OC)c([N+](=O)[O-])c1. The van der Waals surface area contributed by atoms with E-state index in [2.05, 4.69) is 0 Å². The van der Waals surface area contributed by atoms with E-state index >= 15 is 0 Å². The molecule has 0 atom stereocenters. The minimum Gasteiger partial charge on any atom is -0.496 e. The van der Waals surface area contributed by atoms with Crippen molar-refractivity contribution in [2.24, 2.45) is 0 Å². The number of nitrogens with zero attached hydrogens (tertiary/aromatic N) is 2. The largest absolute Gasteiger partial charge is 0.496 e. The zero-order valence-corrected chi connectivity index (χ0v) is 16.5. The van der Waals surface area contributed by atoms with Crippen LogP contribution in [0.1, 0.15) is 19.4 Å². The summed E-state index contributed by atoms with van der Waals surface area (Å²) in [4.78, 5) is 10.5. The van der Waals surface area contributed by atoms with E-state index in [4.69, 9.17) is 9.47 Å². The van der Waals surface area contributed by atoms with E-state index in [1.54, 1.807) is 13.8 Å². The second-order valence-electron chi connectivity index (χ2n) is 5.72. The van der Waals surface area contributed by atoms with Crippen LogP contribution in [0, 0.1) is 15.9 Å². The minimum atomic E-state index is -3.85. The Morgan fingerprint density at radius 2 is 1.75 bits per heavy atom. The van der Waals surface area contributed by atoms with Gasteiger partial charge in [0.1, 0.15) is 18.2 Å². The lowest BCUT2D eigenvalue weighted by Gasteiger charge is -2.18. The van der Waals surface area contributed by atoms with Crippen LogP contribution in [0.25, 0.3) is 0 Å². The number of halogens is 1. The summed E-state index contributed by atoms with van der Waals surface area (Å²) in [5.41, 5.74) is -0.139. The molecule has 152 valence electrons. The van der Waals surface area contributed by atoms with Gasteiger partial charge in [0.05, 0.1) is 16.9 Å². The number of hydrogen-bond acceptors (Lipinski definition) is 6. The lowest BCUT2D eigenvalue weighted by molar-refractivity contribution is -0.386. The van der Waals surface area contributed by atoms with E-state index < -0.39 is 26.5 Å². The van der Waals surface area contributed by atoms with Crippen LogP contribution in [0.4, 0.5) is 10.1 Å². The number of methoxy groups -OCH3 is 1. The minimum absolute atomic E-state index is 0.130. The van der Waals surface area contributed by atoms with Gasteiger partial charge >= 0.3 is 5.69 Å². The molecule has 0 aliphatic heterocycles. The standard InChI is InChI=1S/C18H21FN2O6S/c1-4-20(5-2)28(24,25)15-7-9-18(16(11-15)21(22)23)27-12-13-10-14(19)6-8-17(13)26-3/h6-11H,4-5,12H2,1-3H3. The first-order valence-corrected chi connectivity index (χ1v) is 9.92. The first kappa shape index (κ1) is 21.6. The van der Waals surface area contributed by atoms with Crippen molar-refractivity contribution >= 4 is 15.7 Å². The summed E-state index contributed by atoms with van der Waals surface area (Å²) in [5.74, 6) is -0.269. The summed E-state index contributed by atoms with van der Waals surface area (Å²) >= 11 is 0. The maximum absolute atomic E-state index is 13.5. The molecule has 0 heterocycles. The molecule has 0 aromatic heterocycles. The molecule has 0 amide bonds. The van der Waals surface area contributed by atoms with Gasteiger partial charge in [-0.25, -0.2) is 12.8 Å². The number of rotatable bonds is 9. The average molecular weight is 412 g/mol. The van der Waals surface area contributed by atoms with Gasteiger partial charge in [-0.2, -0.15) is 4.31 Å². The molecule has 0 bridgehead atoms. The van der Waals surface area contributed by atoms with Crippen molar-refractivity contribution in [2.75, 3.05) is 20.2 Å². The van der Waals surface area contributed by atoms with Crippen LogP contribution in [0.5, 0.6) is 11.5 Å². The molecule has 0 aliphatic carbocycles. The van der Waals surface area contributed by atoms with Gasteiger partial charge in [0.15, 0.2) is 5.75 Å². The fourth-order valence-corrected chi connectivity index (χ4v) is 4.13. The second kappa shape index (κ2) is 8.98. The van der Waals surface area contributed by atoms with E-state index in [9.17, 15) is 22.9 Å². The van der Waals surface area contributed by atoms with Crippen LogP contribution in [0.3, 0.4) is 0 Å². The molecule has 0 saturated heterocycles. The summed E-state index contributed by atoms with van der Waals surface area (Å²) < 4.78 is 50.4. The fourth-order valence-electron chi connectivity index (χ4n) is 2.65. The van der Waals surface area contributed by atoms with Crippen molar-refractivity contribution in [3.63, 3.8) is 0 Å². The Labute approximate surface area is 162 Å². The molecule has 0 aliphatic rings. The smallest absolute Gasteiger partial charge is 0.312 e. The molecule has 0 unspecified atom stereocenters. The Bertz CT molecular complexity index is 961. The predicted octanol–water partition coefficient (Wildman–Crippen LogP) is 3.35. The second-order valence-corrected chi connectivity index (χ2v) is 7.66. The van der Waals surface area contributed by atoms with E-state index in [1.165, 1.54) is 41.7 Å². The zero-order chi connectivity index (χ0) is 20.9. The number of nitro benzene ring substituents is 1. The topological polar surface area (TPSA) is 99.0 Å². The molecule has 2 aromatic rings. The summed E-state index contributed by atoms with van der Waals surface area (Å²) in [7, 11) is -2.44. The summed E-state index contributed by atoms with van der Waals surface area (Å²) in [6.07, 6.45) is 0. The monoisotopic (exact) mass is 412 g/mol. The molecular weight excluding hydrogens is 391 g/mol. The molecule has 10 heteroatoms. The third-order valence-corrected chi connectivity index (χ3v) is 6.14. The van der Waals surface area contributed by atoms with Gasteiger partial charge in [-0.3, -0.25) is 10.1 Å². The quantitative estimate of drug-likeness (QED) is 0.463. The van der Waals surface area contributed by atoms with Gasteiger partial charge in [-0.05, 0) is 30.3 Å². The molecule has 0 saturated carbocycles. The number of nitro groups is 1. The summed E-state index contributed by atoms with van der Waals surface area (Å²) in [5, 5.41) is 11.4. The van der Waals surface area contributed by atoms with E-state index in [-0.39, 0.29) is 30.3 Å². The third kappa shape index (κ3) is 4.57. The van der Waals surface area contributed by atoms with Crippen molar-refractivity contribution in [2.45, 2.75) is 25.3 Å². The van der Waals surface area contributed by atoms with Gasteiger partial charge < -0.3 is 9.47 Å². The molecule has 28 heavy (non-hydrogen) atoms. The molecule has 8 nitrogen and oxygen atoms in total. The maximum Gasteiger partial charge on any atom is 0.312 e. The van der Waals surface area contributed by atoms with Crippen LogP contribution in [-0.2, 0) is 16.6 Å². The van der Waals surface area contributed by atoms with Crippen LogP contribution >= 0.6 is 0 Å². The average Bonchev–Trinajstić information content (AvgIpc) is 2.67. The first-order chi connectivity index (χ1) is 13.2. The van der Waals surface area contributed by atoms with Gasteiger partial charge in [0.2, 0.25) is 10.0 Å². The highest BCUT2D eigenvalue weighted by Crippen LogP contribution is 2.32. The Morgan fingerprint density at radius 3 is 2.32 bits per heavy atom. The van der Waals surface area contributed by atoms with E-state index in [1.807, 2.05) is 0 Å². The highest BCUT2D eigenvalue weighted by molar-refractivity contribution is 7.89. The molecule has 0 fully saturated rings. The summed E-state index contributed by atoms with van der Waals surface area (Å²) in [6, 6.07) is 7.27. The van der Waals surface area contributed by atoms with E-state index in [0.29, 0.717) is 11.3 Å². The number of sulfonamides is 1. The number of benzene rings is 2. The van der Waals surface area contributed by atoms with Crippen molar-refractivity contribution in [3.8, 4) is 11.5 Å². The normalized spacial score (nSPS) is 11.5. The summed E-state index contributed by atoms with van der Waals surface area (Å²) in [6.45, 7) is 3.65.